The van der Waals surface area contributed by atoms with Crippen molar-refractivity contribution in [2.45, 2.75) is 52.2 Å². The molecule has 0 aromatic heterocycles. The molecule has 132 valence electrons. The van der Waals surface area contributed by atoms with Gasteiger partial charge in [0.05, 0.1) is 6.10 Å². The van der Waals surface area contributed by atoms with Crippen LogP contribution in [0.3, 0.4) is 0 Å². The van der Waals surface area contributed by atoms with Crippen LogP contribution in [0.2, 0.25) is 0 Å². The van der Waals surface area contributed by atoms with E-state index in [1.807, 2.05) is 13.8 Å². The van der Waals surface area contributed by atoms with Crippen molar-refractivity contribution < 1.29 is 24.3 Å². The SMILES string of the molecule is CC(=O)N[C@@H](CC(C)C)[C@@H]1CC=C(P(=O)([O-])[O-])C[C@@H]1O.[NH4+].[NH4+]. The standard InChI is InChI=1S/C13H24NO5P.2H3N/c1-8(2)6-12(14-9(3)15)11-5-4-10(7-13(11)16)20(17,18)19;;/h4,8,11-13,16H,5-7H2,1-3H3,(H,14,15)(H2,17,18,19);2*1H3/t11-,12-,13-;;/m0../s1. The number of amides is 1. The lowest BCUT2D eigenvalue weighted by Crippen LogP contribution is -2.46. The first-order valence-electron chi connectivity index (χ1n) is 6.78. The molecule has 0 bridgehead atoms. The Morgan fingerprint density at radius 3 is 2.36 bits per heavy atom. The number of quaternary nitrogens is 2. The second kappa shape index (κ2) is 9.39. The van der Waals surface area contributed by atoms with E-state index in [0.717, 1.165) is 0 Å². The molecule has 1 amide bonds. The van der Waals surface area contributed by atoms with E-state index in [1.54, 1.807) is 0 Å². The maximum atomic E-state index is 11.3. The van der Waals surface area contributed by atoms with Gasteiger partial charge >= 0.3 is 0 Å². The number of allylic oxidation sites excluding steroid dienone is 1. The van der Waals surface area contributed by atoms with Crippen molar-refractivity contribution in [1.82, 2.24) is 17.6 Å². The highest BCUT2D eigenvalue weighted by Gasteiger charge is 2.32. The van der Waals surface area contributed by atoms with Gasteiger partial charge in [-0.2, -0.15) is 0 Å². The third-order valence-electron chi connectivity index (χ3n) is 3.52. The van der Waals surface area contributed by atoms with E-state index < -0.39 is 13.7 Å². The largest absolute Gasteiger partial charge is 0.808 e. The Bertz CT molecular complexity index is 435. The summed E-state index contributed by atoms with van der Waals surface area (Å²) >= 11 is 0. The molecule has 3 atom stereocenters. The van der Waals surface area contributed by atoms with Crippen LogP contribution in [0.15, 0.2) is 11.4 Å². The molecule has 8 nitrogen and oxygen atoms in total. The summed E-state index contributed by atoms with van der Waals surface area (Å²) in [4.78, 5) is 33.2. The first-order chi connectivity index (χ1) is 9.11. The Hall–Kier alpha value is -0.760. The Morgan fingerprint density at radius 2 is 2.00 bits per heavy atom. The van der Waals surface area contributed by atoms with Crippen LogP contribution in [0.5, 0.6) is 0 Å². The summed E-state index contributed by atoms with van der Waals surface area (Å²) in [6.07, 6.45) is 1.26. The number of aliphatic hydroxyl groups is 1. The molecule has 1 aliphatic carbocycles. The highest BCUT2D eigenvalue weighted by atomic mass is 31.2. The van der Waals surface area contributed by atoms with Crippen LogP contribution >= 0.6 is 7.60 Å². The molecular weight excluding hydrogens is 309 g/mol. The van der Waals surface area contributed by atoms with Gasteiger partial charge < -0.3 is 37.1 Å². The van der Waals surface area contributed by atoms with Crippen LogP contribution in [-0.2, 0) is 9.36 Å². The van der Waals surface area contributed by atoms with Crippen molar-refractivity contribution in [2.24, 2.45) is 11.8 Å². The predicted octanol–water partition coefficient (Wildman–Crippen LogP) is 0.858. The van der Waals surface area contributed by atoms with Crippen LogP contribution < -0.4 is 27.4 Å². The van der Waals surface area contributed by atoms with Gasteiger partial charge in [0, 0.05) is 18.9 Å². The molecule has 0 aromatic carbocycles. The van der Waals surface area contributed by atoms with E-state index in [-0.39, 0.29) is 48.3 Å². The lowest BCUT2D eigenvalue weighted by atomic mass is 9.81. The average Bonchev–Trinajstić information content (AvgIpc) is 2.25. The average molecular weight is 339 g/mol. The topological polar surface area (TPSA) is 186 Å². The molecule has 9 heteroatoms. The number of rotatable bonds is 5. The van der Waals surface area contributed by atoms with Gasteiger partial charge in [0.15, 0.2) is 0 Å². The summed E-state index contributed by atoms with van der Waals surface area (Å²) in [5.74, 6) is -0.123. The lowest BCUT2D eigenvalue weighted by Gasteiger charge is -2.40. The molecule has 0 aromatic rings. The summed E-state index contributed by atoms with van der Waals surface area (Å²) < 4.78 is 11.0. The molecule has 22 heavy (non-hydrogen) atoms. The van der Waals surface area contributed by atoms with Gasteiger partial charge in [0.25, 0.3) is 0 Å². The molecule has 10 N–H and O–H groups in total. The minimum atomic E-state index is -4.78. The van der Waals surface area contributed by atoms with Gasteiger partial charge in [-0.15, -0.1) is 0 Å². The van der Waals surface area contributed by atoms with E-state index in [9.17, 15) is 24.3 Å². The number of hydrogen-bond acceptors (Lipinski definition) is 5. The number of aliphatic hydroxyl groups excluding tert-OH is 1. The highest BCUT2D eigenvalue weighted by Crippen LogP contribution is 2.43. The van der Waals surface area contributed by atoms with Crippen molar-refractivity contribution in [1.29, 1.82) is 0 Å². The van der Waals surface area contributed by atoms with Crippen molar-refractivity contribution >= 4 is 13.5 Å². The quantitative estimate of drug-likeness (QED) is 0.540. The fraction of sp³-hybridized carbons (Fsp3) is 0.769. The Kier molecular flexibility index (Phi) is 10.0. The smallest absolute Gasteiger partial charge is 0.217 e. The van der Waals surface area contributed by atoms with Crippen LogP contribution in [0.1, 0.15) is 40.0 Å². The summed E-state index contributed by atoms with van der Waals surface area (Å²) in [6, 6.07) is -0.224. The maximum Gasteiger partial charge on any atom is 0.217 e. The van der Waals surface area contributed by atoms with Crippen LogP contribution in [0.25, 0.3) is 0 Å². The monoisotopic (exact) mass is 339 g/mol. The summed E-state index contributed by atoms with van der Waals surface area (Å²) in [6.45, 7) is 5.43. The zero-order valence-electron chi connectivity index (χ0n) is 14.0. The predicted molar refractivity (Wildman–Crippen MR) is 83.4 cm³/mol. The molecule has 0 spiro atoms. The summed E-state index contributed by atoms with van der Waals surface area (Å²) in [5, 5.41) is 12.7. The summed E-state index contributed by atoms with van der Waals surface area (Å²) in [5.41, 5.74) is 0. The van der Waals surface area contributed by atoms with E-state index in [1.165, 1.54) is 13.0 Å². The fourth-order valence-electron chi connectivity index (χ4n) is 2.64. The molecule has 0 aliphatic heterocycles. The van der Waals surface area contributed by atoms with Gasteiger partial charge in [-0.25, -0.2) is 0 Å². The highest BCUT2D eigenvalue weighted by molar-refractivity contribution is 7.53. The zero-order chi connectivity index (χ0) is 15.5. The molecule has 0 saturated carbocycles. The van der Waals surface area contributed by atoms with Gasteiger partial charge in [-0.05, 0) is 38.1 Å². The van der Waals surface area contributed by atoms with Crippen molar-refractivity contribution in [3.05, 3.63) is 11.4 Å². The summed E-state index contributed by atoms with van der Waals surface area (Å²) in [7, 11) is -4.78. The van der Waals surface area contributed by atoms with Gasteiger partial charge in [-0.1, -0.05) is 19.9 Å². The second-order valence-corrected chi connectivity index (χ2v) is 7.37. The number of carbonyl (C=O) groups excluding carboxylic acids is 1. The molecule has 0 fully saturated rings. The van der Waals surface area contributed by atoms with Gasteiger partial charge in [0.2, 0.25) is 5.91 Å². The lowest BCUT2D eigenvalue weighted by molar-refractivity contribution is -0.310. The van der Waals surface area contributed by atoms with E-state index in [0.29, 0.717) is 12.3 Å². The molecule has 0 saturated heterocycles. The normalized spacial score (nSPS) is 23.0. The van der Waals surface area contributed by atoms with Crippen molar-refractivity contribution in [2.75, 3.05) is 0 Å². The van der Waals surface area contributed by atoms with E-state index in [2.05, 4.69) is 5.32 Å². The first kappa shape index (κ1) is 23.5. The van der Waals surface area contributed by atoms with Crippen LogP contribution in [0.4, 0.5) is 0 Å². The molecule has 0 heterocycles. The third kappa shape index (κ3) is 7.00. The molecule has 0 radical (unpaired) electrons. The maximum absolute atomic E-state index is 11.3. The fourth-order valence-corrected chi connectivity index (χ4v) is 3.38. The van der Waals surface area contributed by atoms with E-state index >= 15 is 0 Å². The number of nitrogens with one attached hydrogen (secondary N) is 1. The minimum absolute atomic E-state index is 0. The van der Waals surface area contributed by atoms with Gasteiger partial charge in [0.1, 0.15) is 0 Å². The molecular formula is C13H30N3O5P. The zero-order valence-corrected chi connectivity index (χ0v) is 14.9. The van der Waals surface area contributed by atoms with Crippen LogP contribution in [-0.4, -0.2) is 23.2 Å². The van der Waals surface area contributed by atoms with Crippen molar-refractivity contribution in [3.63, 3.8) is 0 Å². The Morgan fingerprint density at radius 1 is 1.45 bits per heavy atom. The second-order valence-electron chi connectivity index (χ2n) is 5.80. The number of hydrogen-bond donors (Lipinski definition) is 4. The van der Waals surface area contributed by atoms with Crippen molar-refractivity contribution in [3.8, 4) is 0 Å². The molecule has 1 rings (SSSR count). The minimum Gasteiger partial charge on any atom is -0.808 e. The number of carbonyl (C=O) groups is 1. The van der Waals surface area contributed by atoms with Crippen LogP contribution in [0, 0.1) is 11.8 Å². The molecule has 0 unspecified atom stereocenters. The molecule has 1 aliphatic rings. The Labute approximate surface area is 131 Å². The third-order valence-corrected chi connectivity index (χ3v) is 4.59. The van der Waals surface area contributed by atoms with Gasteiger partial charge in [-0.3, -0.25) is 4.79 Å². The Balaban J connectivity index is 0. The van der Waals surface area contributed by atoms with E-state index in [4.69, 9.17) is 0 Å². The first-order valence-corrected chi connectivity index (χ1v) is 8.32.